The summed E-state index contributed by atoms with van der Waals surface area (Å²) in [6.07, 6.45) is 1.12. The van der Waals surface area contributed by atoms with Crippen molar-refractivity contribution < 1.29 is 9.53 Å². The third-order valence-corrected chi connectivity index (χ3v) is 2.34. The Hall–Kier alpha value is -0.600. The van der Waals surface area contributed by atoms with Gasteiger partial charge < -0.3 is 10.1 Å². The average Bonchev–Trinajstić information content (AvgIpc) is 2.19. The number of rotatable bonds is 2. The molecule has 0 aromatic carbocycles. The zero-order valence-corrected chi connectivity index (χ0v) is 9.92. The van der Waals surface area contributed by atoms with Gasteiger partial charge in [0.25, 0.3) is 0 Å². The third kappa shape index (κ3) is 2.69. The first kappa shape index (κ1) is 13.4. The van der Waals surface area contributed by atoms with Crippen LogP contribution in [0.1, 0.15) is 19.8 Å². The van der Waals surface area contributed by atoms with Crippen molar-refractivity contribution in [1.29, 1.82) is 5.26 Å². The Kier molecular flexibility index (Phi) is 5.73. The summed E-state index contributed by atoms with van der Waals surface area (Å²) in [4.78, 5) is 11.5. The summed E-state index contributed by atoms with van der Waals surface area (Å²) < 4.78 is 4.89. The minimum absolute atomic E-state index is 0. The number of ether oxygens (including phenoxy) is 1. The maximum atomic E-state index is 11.5. The number of nitrogens with zero attached hydrogens (tertiary/aromatic N) is 1. The zero-order valence-electron chi connectivity index (χ0n) is 8.21. The summed E-state index contributed by atoms with van der Waals surface area (Å²) in [6.45, 7) is 3.53. The van der Waals surface area contributed by atoms with Crippen molar-refractivity contribution in [2.24, 2.45) is 5.41 Å². The summed E-state index contributed by atoms with van der Waals surface area (Å²) >= 11 is 0. The van der Waals surface area contributed by atoms with Gasteiger partial charge in [-0.3, -0.25) is 4.79 Å². The van der Waals surface area contributed by atoms with E-state index in [0.29, 0.717) is 32.5 Å². The average molecular weight is 263 g/mol. The molecular formula is C9H15BrN2O2. The van der Waals surface area contributed by atoms with Crippen LogP contribution in [0.5, 0.6) is 0 Å². The molecule has 0 saturated carbocycles. The monoisotopic (exact) mass is 262 g/mol. The van der Waals surface area contributed by atoms with E-state index in [9.17, 15) is 4.79 Å². The Morgan fingerprint density at radius 2 is 2.14 bits per heavy atom. The van der Waals surface area contributed by atoms with Crippen LogP contribution in [0.3, 0.4) is 0 Å². The van der Waals surface area contributed by atoms with Gasteiger partial charge in [-0.15, -0.1) is 17.0 Å². The molecule has 0 unspecified atom stereocenters. The van der Waals surface area contributed by atoms with Crippen molar-refractivity contribution in [3.05, 3.63) is 0 Å². The van der Waals surface area contributed by atoms with Crippen molar-refractivity contribution in [3.8, 4) is 6.07 Å². The molecule has 80 valence electrons. The molecule has 1 saturated heterocycles. The van der Waals surface area contributed by atoms with E-state index < -0.39 is 5.41 Å². The molecule has 0 atom stereocenters. The SMILES string of the molecule is Br.CCOC(=O)C1(C#N)CCNCC1. The standard InChI is InChI=1S/C9H14N2O2.BrH/c1-2-13-8(12)9(7-10)3-5-11-6-4-9;/h11H,2-6H2,1H3;1H. The molecule has 0 amide bonds. The lowest BCUT2D eigenvalue weighted by Gasteiger charge is -2.28. The molecule has 1 N–H and O–H groups in total. The topological polar surface area (TPSA) is 62.1 Å². The first-order valence-corrected chi connectivity index (χ1v) is 4.54. The molecule has 0 spiro atoms. The molecule has 0 aromatic rings. The van der Waals surface area contributed by atoms with Gasteiger partial charge in [0, 0.05) is 0 Å². The van der Waals surface area contributed by atoms with E-state index in [4.69, 9.17) is 10.00 Å². The van der Waals surface area contributed by atoms with E-state index in [1.165, 1.54) is 0 Å². The predicted molar refractivity (Wildman–Crippen MR) is 57.1 cm³/mol. The molecule has 1 fully saturated rings. The number of piperidine rings is 1. The smallest absolute Gasteiger partial charge is 0.326 e. The van der Waals surface area contributed by atoms with Gasteiger partial charge in [0.15, 0.2) is 5.41 Å². The first-order valence-electron chi connectivity index (χ1n) is 4.54. The van der Waals surface area contributed by atoms with Gasteiger partial charge in [-0.1, -0.05) is 0 Å². The van der Waals surface area contributed by atoms with Crippen LogP contribution in [0.2, 0.25) is 0 Å². The van der Waals surface area contributed by atoms with E-state index >= 15 is 0 Å². The van der Waals surface area contributed by atoms with Gasteiger partial charge in [0.2, 0.25) is 0 Å². The molecule has 14 heavy (non-hydrogen) atoms. The Morgan fingerprint density at radius 1 is 1.57 bits per heavy atom. The minimum Gasteiger partial charge on any atom is -0.465 e. The second-order valence-electron chi connectivity index (χ2n) is 3.16. The molecule has 1 rings (SSSR count). The lowest BCUT2D eigenvalue weighted by atomic mass is 9.80. The number of carbonyl (C=O) groups is 1. The minimum atomic E-state index is -0.888. The highest BCUT2D eigenvalue weighted by atomic mass is 79.9. The number of hydrogen-bond donors (Lipinski definition) is 1. The van der Waals surface area contributed by atoms with Crippen molar-refractivity contribution >= 4 is 23.0 Å². The molecule has 1 aliphatic rings. The second-order valence-corrected chi connectivity index (χ2v) is 3.16. The van der Waals surface area contributed by atoms with E-state index in [0.717, 1.165) is 0 Å². The quantitative estimate of drug-likeness (QED) is 0.755. The van der Waals surface area contributed by atoms with E-state index in [1.807, 2.05) is 0 Å². The Bertz CT molecular complexity index is 231. The maximum Gasteiger partial charge on any atom is 0.326 e. The fourth-order valence-electron chi connectivity index (χ4n) is 1.48. The number of hydrogen-bond acceptors (Lipinski definition) is 4. The van der Waals surface area contributed by atoms with E-state index in [1.54, 1.807) is 6.92 Å². The fraction of sp³-hybridized carbons (Fsp3) is 0.778. The molecule has 0 aromatic heterocycles. The van der Waals surface area contributed by atoms with Gasteiger partial charge in [0.1, 0.15) is 0 Å². The van der Waals surface area contributed by atoms with Crippen LogP contribution in [0, 0.1) is 16.7 Å². The van der Waals surface area contributed by atoms with Crippen LogP contribution in [0.15, 0.2) is 0 Å². The van der Waals surface area contributed by atoms with Gasteiger partial charge in [-0.2, -0.15) is 5.26 Å². The lowest BCUT2D eigenvalue weighted by Crippen LogP contribution is -2.42. The normalized spacial score (nSPS) is 18.9. The summed E-state index contributed by atoms with van der Waals surface area (Å²) in [5.41, 5.74) is -0.888. The van der Waals surface area contributed by atoms with Crippen LogP contribution in [0.25, 0.3) is 0 Å². The predicted octanol–water partition coefficient (Wildman–Crippen LogP) is 1.02. The van der Waals surface area contributed by atoms with Gasteiger partial charge >= 0.3 is 5.97 Å². The van der Waals surface area contributed by atoms with E-state index in [2.05, 4.69) is 11.4 Å². The summed E-state index contributed by atoms with van der Waals surface area (Å²) in [7, 11) is 0. The van der Waals surface area contributed by atoms with E-state index in [-0.39, 0.29) is 23.0 Å². The van der Waals surface area contributed by atoms with Crippen molar-refractivity contribution in [3.63, 3.8) is 0 Å². The fourth-order valence-corrected chi connectivity index (χ4v) is 1.48. The molecule has 0 aliphatic carbocycles. The molecular weight excluding hydrogens is 248 g/mol. The third-order valence-electron chi connectivity index (χ3n) is 2.34. The summed E-state index contributed by atoms with van der Waals surface area (Å²) in [5.74, 6) is -0.362. The molecule has 4 nitrogen and oxygen atoms in total. The molecule has 1 heterocycles. The molecule has 5 heteroatoms. The Labute approximate surface area is 94.4 Å². The van der Waals surface area contributed by atoms with Crippen LogP contribution in [-0.2, 0) is 9.53 Å². The van der Waals surface area contributed by atoms with Crippen molar-refractivity contribution in [2.45, 2.75) is 19.8 Å². The van der Waals surface area contributed by atoms with Crippen molar-refractivity contribution in [1.82, 2.24) is 5.32 Å². The van der Waals surface area contributed by atoms with Crippen molar-refractivity contribution in [2.75, 3.05) is 19.7 Å². The number of carbonyl (C=O) groups excluding carboxylic acids is 1. The highest BCUT2D eigenvalue weighted by Crippen LogP contribution is 2.29. The number of esters is 1. The molecule has 0 radical (unpaired) electrons. The zero-order chi connectivity index (χ0) is 9.73. The number of nitriles is 1. The van der Waals surface area contributed by atoms with Crippen LogP contribution < -0.4 is 5.32 Å². The van der Waals surface area contributed by atoms with Crippen LogP contribution >= 0.6 is 17.0 Å². The largest absolute Gasteiger partial charge is 0.465 e. The second kappa shape index (κ2) is 5.99. The highest BCUT2D eigenvalue weighted by molar-refractivity contribution is 8.93. The van der Waals surface area contributed by atoms with Gasteiger partial charge in [-0.05, 0) is 32.9 Å². The Morgan fingerprint density at radius 3 is 2.57 bits per heavy atom. The number of nitrogens with one attached hydrogen (secondary N) is 1. The van der Waals surface area contributed by atoms with Gasteiger partial charge in [0.05, 0.1) is 12.7 Å². The van der Waals surface area contributed by atoms with Gasteiger partial charge in [-0.25, -0.2) is 0 Å². The highest BCUT2D eigenvalue weighted by Gasteiger charge is 2.41. The molecule has 1 aliphatic heterocycles. The first-order chi connectivity index (χ1) is 6.25. The Balaban J connectivity index is 0.00000169. The van der Waals surface area contributed by atoms with Crippen LogP contribution in [-0.4, -0.2) is 25.7 Å². The maximum absolute atomic E-state index is 11.5. The summed E-state index contributed by atoms with van der Waals surface area (Å²) in [6, 6.07) is 2.09. The lowest BCUT2D eigenvalue weighted by molar-refractivity contribution is -0.153. The molecule has 0 bridgehead atoms. The van der Waals surface area contributed by atoms with Crippen LogP contribution in [0.4, 0.5) is 0 Å². The summed E-state index contributed by atoms with van der Waals surface area (Å²) in [5, 5.41) is 12.1. The number of halogens is 1.